The van der Waals surface area contributed by atoms with E-state index in [2.05, 4.69) is 26.8 Å². The number of ether oxygens (including phenoxy) is 2. The van der Waals surface area contributed by atoms with Crippen molar-refractivity contribution in [3.05, 3.63) is 11.6 Å². The largest absolute Gasteiger partial charge is 0.462 e. The molecule has 0 spiro atoms. The molecule has 190 valence electrons. The number of hydrogen-bond donors (Lipinski definition) is 1. The van der Waals surface area contributed by atoms with Gasteiger partial charge in [0, 0.05) is 12.3 Å². The zero-order chi connectivity index (χ0) is 24.1. The van der Waals surface area contributed by atoms with Gasteiger partial charge < -0.3 is 14.4 Å². The molecular formula is C29H46NO4+. The Morgan fingerprint density at radius 2 is 1.91 bits per heavy atom. The molecule has 0 aromatic carbocycles. The molecule has 5 rings (SSSR count). The normalized spacial score (nSPS) is 44.4. The first-order valence-corrected chi connectivity index (χ1v) is 14.0. The van der Waals surface area contributed by atoms with Crippen LogP contribution < -0.4 is 4.90 Å². The maximum absolute atomic E-state index is 12.6. The van der Waals surface area contributed by atoms with Crippen molar-refractivity contribution in [2.24, 2.45) is 40.4 Å². The van der Waals surface area contributed by atoms with Gasteiger partial charge in [-0.15, -0.1) is 0 Å². The van der Waals surface area contributed by atoms with Gasteiger partial charge in [-0.25, -0.2) is 0 Å². The van der Waals surface area contributed by atoms with Crippen molar-refractivity contribution in [1.82, 2.24) is 0 Å². The van der Waals surface area contributed by atoms with Gasteiger partial charge in [-0.05, 0) is 80.0 Å². The van der Waals surface area contributed by atoms with E-state index in [9.17, 15) is 9.59 Å². The van der Waals surface area contributed by atoms with Crippen LogP contribution in [0.4, 0.5) is 0 Å². The summed E-state index contributed by atoms with van der Waals surface area (Å²) in [5.74, 6) is 3.23. The Kier molecular flexibility index (Phi) is 6.74. The van der Waals surface area contributed by atoms with Gasteiger partial charge in [-0.1, -0.05) is 32.4 Å². The number of rotatable bonds is 5. The van der Waals surface area contributed by atoms with Gasteiger partial charge in [0.25, 0.3) is 0 Å². The highest BCUT2D eigenvalue weighted by molar-refractivity contribution is 5.80. The van der Waals surface area contributed by atoms with Crippen LogP contribution >= 0.6 is 0 Å². The van der Waals surface area contributed by atoms with Crippen molar-refractivity contribution >= 4 is 11.8 Å². The quantitative estimate of drug-likeness (QED) is 0.491. The molecule has 0 aromatic heterocycles. The van der Waals surface area contributed by atoms with Crippen LogP contribution in [0.25, 0.3) is 0 Å². The van der Waals surface area contributed by atoms with E-state index in [1.807, 2.05) is 6.92 Å². The van der Waals surface area contributed by atoms with Crippen LogP contribution in [-0.4, -0.2) is 50.7 Å². The Morgan fingerprint density at radius 3 is 2.65 bits per heavy atom. The molecule has 5 nitrogen and oxygen atoms in total. The summed E-state index contributed by atoms with van der Waals surface area (Å²) in [6.07, 6.45) is 10.9. The number of Topliss-reactive ketones (excluding diaryl/α,β-unsaturated/α-hetero) is 1. The lowest BCUT2D eigenvalue weighted by molar-refractivity contribution is -0.907. The number of quaternary nitrogens is 1. The molecule has 4 fully saturated rings. The van der Waals surface area contributed by atoms with Crippen molar-refractivity contribution in [2.45, 2.75) is 85.2 Å². The Bertz CT molecular complexity index is 832. The Morgan fingerprint density at radius 1 is 1.15 bits per heavy atom. The van der Waals surface area contributed by atoms with Gasteiger partial charge in [0.1, 0.15) is 25.0 Å². The van der Waals surface area contributed by atoms with Crippen molar-refractivity contribution in [1.29, 1.82) is 0 Å². The maximum Gasteiger partial charge on any atom is 0.311 e. The molecular weight excluding hydrogens is 426 g/mol. The third kappa shape index (κ3) is 4.19. The Hall–Kier alpha value is -1.20. The summed E-state index contributed by atoms with van der Waals surface area (Å²) in [7, 11) is 0. The van der Waals surface area contributed by atoms with Crippen molar-refractivity contribution in [3.63, 3.8) is 0 Å². The van der Waals surface area contributed by atoms with Gasteiger partial charge in [0.15, 0.2) is 0 Å². The number of morpholine rings is 1. The first kappa shape index (κ1) is 24.5. The highest BCUT2D eigenvalue weighted by atomic mass is 16.5. The molecule has 3 saturated carbocycles. The van der Waals surface area contributed by atoms with E-state index in [0.29, 0.717) is 35.9 Å². The molecule has 4 aliphatic carbocycles. The number of carbonyl (C=O) groups is 2. The highest BCUT2D eigenvalue weighted by Gasteiger charge is 2.61. The van der Waals surface area contributed by atoms with E-state index >= 15 is 0 Å². The monoisotopic (exact) mass is 472 g/mol. The number of ketones is 1. The molecule has 5 unspecified atom stereocenters. The minimum Gasteiger partial charge on any atom is -0.462 e. The molecule has 0 bridgehead atoms. The number of nitrogens with one attached hydrogen (secondary N) is 1. The predicted molar refractivity (Wildman–Crippen MR) is 131 cm³/mol. The average molecular weight is 473 g/mol. The van der Waals surface area contributed by atoms with Crippen molar-refractivity contribution in [3.8, 4) is 0 Å². The molecule has 0 radical (unpaired) electrons. The van der Waals surface area contributed by atoms with E-state index in [1.54, 1.807) is 5.57 Å². The molecule has 1 aliphatic heterocycles. The summed E-state index contributed by atoms with van der Waals surface area (Å²) in [6, 6.07) is 0. The Balaban J connectivity index is 1.22. The number of carbonyl (C=O) groups excluding carboxylic acids is 2. The molecule has 1 heterocycles. The van der Waals surface area contributed by atoms with E-state index < -0.39 is 0 Å². The van der Waals surface area contributed by atoms with Gasteiger partial charge >= 0.3 is 5.97 Å². The van der Waals surface area contributed by atoms with E-state index in [-0.39, 0.29) is 28.8 Å². The summed E-state index contributed by atoms with van der Waals surface area (Å²) in [4.78, 5) is 26.6. The van der Waals surface area contributed by atoms with Gasteiger partial charge in [0.2, 0.25) is 0 Å². The summed E-state index contributed by atoms with van der Waals surface area (Å²) in [5.41, 5.74) is 1.97. The van der Waals surface area contributed by atoms with Crippen LogP contribution in [0.1, 0.15) is 79.1 Å². The smallest absolute Gasteiger partial charge is 0.311 e. The summed E-state index contributed by atoms with van der Waals surface area (Å²) >= 11 is 0. The van der Waals surface area contributed by atoms with Gasteiger partial charge in [0.05, 0.1) is 26.2 Å². The van der Waals surface area contributed by atoms with Gasteiger partial charge in [-0.3, -0.25) is 9.59 Å². The SMILES string of the molecule is CC(=O)C1[C@H](C)CC2C3CC=C4CC(OC(=O)CC[NH+]5CCOCC5)CC[C@]4(C)C3CC[C@@]21C. The predicted octanol–water partition coefficient (Wildman–Crippen LogP) is 3.62. The zero-order valence-electron chi connectivity index (χ0n) is 21.9. The minimum absolute atomic E-state index is 0.0227. The number of hydrogen-bond acceptors (Lipinski definition) is 4. The van der Waals surface area contributed by atoms with Crippen LogP contribution in [0.2, 0.25) is 0 Å². The molecule has 8 atom stereocenters. The van der Waals surface area contributed by atoms with Crippen LogP contribution in [0.3, 0.4) is 0 Å². The molecule has 1 saturated heterocycles. The van der Waals surface area contributed by atoms with Crippen LogP contribution in [-0.2, 0) is 19.1 Å². The first-order valence-electron chi connectivity index (χ1n) is 14.0. The highest BCUT2D eigenvalue weighted by Crippen LogP contribution is 2.67. The van der Waals surface area contributed by atoms with Crippen LogP contribution in [0.15, 0.2) is 11.6 Å². The summed E-state index contributed by atoms with van der Waals surface area (Å²) < 4.78 is 11.4. The fourth-order valence-corrected chi connectivity index (χ4v) is 9.39. The molecule has 34 heavy (non-hydrogen) atoms. The van der Waals surface area contributed by atoms with Crippen LogP contribution in [0, 0.1) is 40.4 Å². The molecule has 0 amide bonds. The van der Waals surface area contributed by atoms with E-state index in [1.165, 1.54) is 24.2 Å². The fourth-order valence-electron chi connectivity index (χ4n) is 9.39. The average Bonchev–Trinajstić information content (AvgIpc) is 3.08. The number of allylic oxidation sites excluding steroid dienone is 1. The lowest BCUT2D eigenvalue weighted by Gasteiger charge is -2.58. The Labute approximate surface area is 206 Å². The van der Waals surface area contributed by atoms with E-state index in [4.69, 9.17) is 9.47 Å². The lowest BCUT2D eigenvalue weighted by atomic mass is 9.47. The zero-order valence-corrected chi connectivity index (χ0v) is 21.9. The second kappa shape index (κ2) is 9.35. The van der Waals surface area contributed by atoms with Gasteiger partial charge in [-0.2, -0.15) is 0 Å². The third-order valence-electron chi connectivity index (χ3n) is 11.0. The second-order valence-corrected chi connectivity index (χ2v) is 12.8. The van der Waals surface area contributed by atoms with E-state index in [0.717, 1.165) is 58.5 Å². The number of fused-ring (bicyclic) bond motifs is 5. The number of esters is 1. The van der Waals surface area contributed by atoms with Crippen LogP contribution in [0.5, 0.6) is 0 Å². The lowest BCUT2D eigenvalue weighted by Crippen LogP contribution is -3.14. The standard InChI is InChI=1S/C29H45NO4/c1-19-17-25-23-6-5-21-18-22(34-26(32)9-12-30-13-15-33-16-14-30)7-10-28(21,3)24(23)8-11-29(25,4)27(19)20(2)31/h5,19,22-25,27H,6-18H2,1-4H3/p+1/t19-,22?,23?,24?,25?,27?,28+,29+/m1/s1. The molecule has 0 aromatic rings. The second-order valence-electron chi connectivity index (χ2n) is 12.8. The fraction of sp³-hybridized carbons (Fsp3) is 0.862. The molecule has 5 aliphatic rings. The minimum atomic E-state index is -0.0227. The summed E-state index contributed by atoms with van der Waals surface area (Å²) in [5, 5.41) is 0. The molecule has 5 heteroatoms. The topological polar surface area (TPSA) is 57.0 Å². The maximum atomic E-state index is 12.6. The third-order valence-corrected chi connectivity index (χ3v) is 11.0. The summed E-state index contributed by atoms with van der Waals surface area (Å²) in [6.45, 7) is 13.5. The van der Waals surface area contributed by atoms with Crippen molar-refractivity contribution < 1.29 is 24.0 Å². The molecule has 1 N–H and O–H groups in total. The first-order chi connectivity index (χ1) is 16.2. The van der Waals surface area contributed by atoms with Crippen molar-refractivity contribution in [2.75, 3.05) is 32.8 Å².